The highest BCUT2D eigenvalue weighted by Gasteiger charge is 2.25. The molecule has 3 aromatic carbocycles. The van der Waals surface area contributed by atoms with Crippen LogP contribution in [-0.4, -0.2) is 20.6 Å². The Morgan fingerprint density at radius 3 is 2.25 bits per heavy atom. The molecule has 0 amide bonds. The van der Waals surface area contributed by atoms with E-state index < -0.39 is 0 Å². The molecule has 160 valence electrons. The normalized spacial score (nSPS) is 13.2. The first-order valence-corrected chi connectivity index (χ1v) is 11.5. The standard InChI is InChI=1S/C25H24N6S/c1-19-12-14-22(15-13-19)31-25(32-18-21-10-6-3-7-11-21)23(16-26-31)24-27-28-29-30(24)17-20-8-4-2-5-9-20/h2-16,28-29H,17-18H2,1H3. The summed E-state index contributed by atoms with van der Waals surface area (Å²) in [4.78, 5) is 0. The second-order valence-corrected chi connectivity index (χ2v) is 8.58. The SMILES string of the molecule is Cc1ccc(-n2ncc(C3=NNNN3Cc3ccccc3)c2SCc2ccccc2)cc1. The van der Waals surface area contributed by atoms with Crippen LogP contribution in [0.2, 0.25) is 0 Å². The molecule has 7 heteroatoms. The molecule has 0 radical (unpaired) electrons. The zero-order valence-corrected chi connectivity index (χ0v) is 18.6. The number of nitrogens with zero attached hydrogens (tertiary/aromatic N) is 4. The Labute approximate surface area is 191 Å². The van der Waals surface area contributed by atoms with Gasteiger partial charge in [0.05, 0.1) is 24.0 Å². The van der Waals surface area contributed by atoms with Crippen molar-refractivity contribution in [2.45, 2.75) is 24.2 Å². The zero-order chi connectivity index (χ0) is 21.8. The summed E-state index contributed by atoms with van der Waals surface area (Å²) in [5.41, 5.74) is 11.8. The Hall–Kier alpha value is -3.55. The number of aromatic nitrogens is 2. The van der Waals surface area contributed by atoms with Crippen LogP contribution in [0.4, 0.5) is 0 Å². The zero-order valence-electron chi connectivity index (χ0n) is 17.8. The predicted molar refractivity (Wildman–Crippen MR) is 129 cm³/mol. The van der Waals surface area contributed by atoms with Gasteiger partial charge in [-0.15, -0.1) is 22.4 Å². The first-order valence-electron chi connectivity index (χ1n) is 10.5. The molecular formula is C25H24N6S. The number of amidine groups is 1. The summed E-state index contributed by atoms with van der Waals surface area (Å²) in [5, 5.41) is 12.4. The summed E-state index contributed by atoms with van der Waals surface area (Å²) in [5.74, 6) is 1.67. The van der Waals surface area contributed by atoms with Crippen LogP contribution >= 0.6 is 11.8 Å². The van der Waals surface area contributed by atoms with E-state index in [0.717, 1.165) is 27.9 Å². The van der Waals surface area contributed by atoms with E-state index in [2.05, 4.69) is 83.8 Å². The van der Waals surface area contributed by atoms with E-state index in [4.69, 9.17) is 5.10 Å². The molecule has 1 aliphatic rings. The maximum atomic E-state index is 4.75. The molecule has 0 saturated heterocycles. The number of hydrazine groups is 2. The molecule has 5 rings (SSSR count). The number of hydrazone groups is 1. The van der Waals surface area contributed by atoms with Gasteiger partial charge in [0.25, 0.3) is 0 Å². The molecular weight excluding hydrogens is 416 g/mol. The van der Waals surface area contributed by atoms with Crippen LogP contribution in [-0.2, 0) is 12.3 Å². The van der Waals surface area contributed by atoms with Crippen molar-refractivity contribution in [1.29, 1.82) is 0 Å². The number of rotatable bonds is 7. The Morgan fingerprint density at radius 1 is 0.844 bits per heavy atom. The predicted octanol–water partition coefficient (Wildman–Crippen LogP) is 4.66. The number of nitrogens with one attached hydrogen (secondary N) is 2. The maximum absolute atomic E-state index is 4.75. The van der Waals surface area contributed by atoms with E-state index in [1.807, 2.05) is 40.2 Å². The smallest absolute Gasteiger partial charge is 0.177 e. The van der Waals surface area contributed by atoms with Gasteiger partial charge >= 0.3 is 0 Å². The lowest BCUT2D eigenvalue weighted by Crippen LogP contribution is -2.40. The average molecular weight is 441 g/mol. The summed E-state index contributed by atoms with van der Waals surface area (Å²) in [7, 11) is 0. The Balaban J connectivity index is 1.49. The summed E-state index contributed by atoms with van der Waals surface area (Å²) in [6, 6.07) is 29.3. The molecule has 0 atom stereocenters. The van der Waals surface area contributed by atoms with Crippen molar-refractivity contribution in [2.24, 2.45) is 5.10 Å². The fraction of sp³-hybridized carbons (Fsp3) is 0.120. The third-order valence-corrected chi connectivity index (χ3v) is 6.39. The third kappa shape index (κ3) is 4.39. The van der Waals surface area contributed by atoms with Gasteiger partial charge in [0, 0.05) is 5.75 Å². The fourth-order valence-corrected chi connectivity index (χ4v) is 4.63. The van der Waals surface area contributed by atoms with Crippen molar-refractivity contribution in [3.05, 3.63) is 113 Å². The number of hydrogen-bond acceptors (Lipinski definition) is 6. The number of hydrogen-bond donors (Lipinski definition) is 2. The molecule has 32 heavy (non-hydrogen) atoms. The van der Waals surface area contributed by atoms with Crippen molar-refractivity contribution < 1.29 is 0 Å². The van der Waals surface area contributed by atoms with Crippen molar-refractivity contribution in [3.8, 4) is 5.69 Å². The van der Waals surface area contributed by atoms with Gasteiger partial charge in [-0.25, -0.2) is 10.2 Å². The van der Waals surface area contributed by atoms with E-state index in [1.54, 1.807) is 11.8 Å². The average Bonchev–Trinajstić information content (AvgIpc) is 3.46. The third-order valence-electron chi connectivity index (χ3n) is 5.25. The van der Waals surface area contributed by atoms with Crippen LogP contribution in [0, 0.1) is 6.92 Å². The second kappa shape index (κ2) is 9.30. The van der Waals surface area contributed by atoms with Crippen LogP contribution in [0.25, 0.3) is 5.69 Å². The molecule has 0 unspecified atom stereocenters. The van der Waals surface area contributed by atoms with Gasteiger partial charge in [0.1, 0.15) is 5.03 Å². The van der Waals surface area contributed by atoms with Crippen molar-refractivity contribution in [1.82, 2.24) is 25.9 Å². The van der Waals surface area contributed by atoms with Crippen molar-refractivity contribution in [3.63, 3.8) is 0 Å². The lowest BCUT2D eigenvalue weighted by molar-refractivity contribution is 0.288. The van der Waals surface area contributed by atoms with Gasteiger partial charge in [0.2, 0.25) is 0 Å². The molecule has 0 saturated carbocycles. The first-order chi connectivity index (χ1) is 15.8. The van der Waals surface area contributed by atoms with E-state index in [1.165, 1.54) is 16.7 Å². The molecule has 1 aromatic heterocycles. The summed E-state index contributed by atoms with van der Waals surface area (Å²) in [6.07, 6.45) is 1.90. The lowest BCUT2D eigenvalue weighted by Gasteiger charge is -2.19. The van der Waals surface area contributed by atoms with Gasteiger partial charge in [-0.1, -0.05) is 78.4 Å². The fourth-order valence-electron chi connectivity index (χ4n) is 3.56. The van der Waals surface area contributed by atoms with Crippen LogP contribution < -0.4 is 11.1 Å². The molecule has 1 aliphatic heterocycles. The molecule has 4 aromatic rings. The van der Waals surface area contributed by atoms with Crippen molar-refractivity contribution in [2.75, 3.05) is 0 Å². The van der Waals surface area contributed by atoms with Gasteiger partial charge in [-0.2, -0.15) is 5.10 Å². The quantitative estimate of drug-likeness (QED) is 0.410. The highest BCUT2D eigenvalue weighted by molar-refractivity contribution is 7.98. The van der Waals surface area contributed by atoms with Crippen LogP contribution in [0.1, 0.15) is 22.3 Å². The minimum atomic E-state index is 0.686. The minimum Gasteiger partial charge on any atom is -0.266 e. The largest absolute Gasteiger partial charge is 0.266 e. The van der Waals surface area contributed by atoms with Gasteiger partial charge < -0.3 is 0 Å². The van der Waals surface area contributed by atoms with Crippen LogP contribution in [0.15, 0.2) is 101 Å². The van der Waals surface area contributed by atoms with Crippen molar-refractivity contribution >= 4 is 17.6 Å². The van der Waals surface area contributed by atoms with E-state index in [9.17, 15) is 0 Å². The maximum Gasteiger partial charge on any atom is 0.177 e. The Morgan fingerprint density at radius 2 is 1.53 bits per heavy atom. The van der Waals surface area contributed by atoms with Crippen LogP contribution in [0.5, 0.6) is 0 Å². The van der Waals surface area contributed by atoms with Crippen LogP contribution in [0.3, 0.4) is 0 Å². The molecule has 0 spiro atoms. The lowest BCUT2D eigenvalue weighted by atomic mass is 10.2. The molecule has 2 N–H and O–H groups in total. The highest BCUT2D eigenvalue weighted by atomic mass is 32.2. The molecule has 0 aliphatic carbocycles. The van der Waals surface area contributed by atoms with Gasteiger partial charge in [-0.3, -0.25) is 5.01 Å². The molecule has 0 fully saturated rings. The Bertz CT molecular complexity index is 1200. The summed E-state index contributed by atoms with van der Waals surface area (Å²) < 4.78 is 2.00. The summed E-state index contributed by atoms with van der Waals surface area (Å²) >= 11 is 1.77. The highest BCUT2D eigenvalue weighted by Crippen LogP contribution is 2.30. The number of benzene rings is 3. The van der Waals surface area contributed by atoms with E-state index in [-0.39, 0.29) is 0 Å². The van der Waals surface area contributed by atoms with Gasteiger partial charge in [0.15, 0.2) is 5.84 Å². The number of thioether (sulfide) groups is 1. The van der Waals surface area contributed by atoms with E-state index in [0.29, 0.717) is 6.54 Å². The summed E-state index contributed by atoms with van der Waals surface area (Å²) in [6.45, 7) is 2.78. The first kappa shape index (κ1) is 20.4. The molecule has 0 bridgehead atoms. The molecule has 6 nitrogen and oxygen atoms in total. The molecule has 2 heterocycles. The Kier molecular flexibility index (Phi) is 5.91. The number of aryl methyl sites for hydroxylation is 1. The monoisotopic (exact) mass is 440 g/mol. The second-order valence-electron chi connectivity index (χ2n) is 7.62. The van der Waals surface area contributed by atoms with Gasteiger partial charge in [-0.05, 0) is 30.2 Å². The minimum absolute atomic E-state index is 0.686. The van der Waals surface area contributed by atoms with E-state index >= 15 is 0 Å². The topological polar surface area (TPSA) is 57.5 Å².